The lowest BCUT2D eigenvalue weighted by atomic mass is 9.98. The first kappa shape index (κ1) is 21.6. The third-order valence-corrected chi connectivity index (χ3v) is 5.42. The van der Waals surface area contributed by atoms with Gasteiger partial charge in [0.1, 0.15) is 5.69 Å². The zero-order valence-corrected chi connectivity index (χ0v) is 18.2. The van der Waals surface area contributed by atoms with Gasteiger partial charge in [-0.15, -0.1) is 5.10 Å². The van der Waals surface area contributed by atoms with Crippen LogP contribution in [0.15, 0.2) is 66.0 Å². The lowest BCUT2D eigenvalue weighted by molar-refractivity contribution is -0.141. The van der Waals surface area contributed by atoms with Crippen LogP contribution in [-0.2, 0) is 19.8 Å². The fourth-order valence-electron chi connectivity index (χ4n) is 3.71. The largest absolute Gasteiger partial charge is 0.433 e. The normalized spacial score (nSPS) is 11.9. The molecule has 0 radical (unpaired) electrons. The average molecular weight is 465 g/mol. The molecule has 0 aliphatic carbocycles. The zero-order valence-electron chi connectivity index (χ0n) is 18.2. The highest BCUT2D eigenvalue weighted by atomic mass is 19.4. The predicted octanol–water partition coefficient (Wildman–Crippen LogP) is 3.73. The molecule has 4 heterocycles. The fraction of sp³-hybridized carbons (Fsp3) is 0.174. The molecule has 4 aromatic heterocycles. The summed E-state index contributed by atoms with van der Waals surface area (Å²) in [5.41, 5.74) is 3.40. The van der Waals surface area contributed by atoms with Gasteiger partial charge in [0.15, 0.2) is 5.65 Å². The molecule has 34 heavy (non-hydrogen) atoms. The van der Waals surface area contributed by atoms with Gasteiger partial charge in [0, 0.05) is 36.1 Å². The summed E-state index contributed by atoms with van der Waals surface area (Å²) in [7, 11) is 1.79. The second-order valence-electron chi connectivity index (χ2n) is 7.93. The van der Waals surface area contributed by atoms with E-state index in [0.29, 0.717) is 16.8 Å². The minimum absolute atomic E-state index is 0.0559. The molecule has 0 saturated heterocycles. The summed E-state index contributed by atoms with van der Waals surface area (Å²) in [6.45, 7) is 1.93. The van der Waals surface area contributed by atoms with E-state index in [1.807, 2.05) is 37.4 Å². The number of aryl methyl sites for hydroxylation is 2. The van der Waals surface area contributed by atoms with Gasteiger partial charge in [-0.25, -0.2) is 9.48 Å². The summed E-state index contributed by atoms with van der Waals surface area (Å²) < 4.78 is 42.4. The molecule has 0 amide bonds. The Labute approximate surface area is 190 Å². The molecule has 0 unspecified atom stereocenters. The maximum absolute atomic E-state index is 13.0. The maximum Gasteiger partial charge on any atom is 0.433 e. The molecule has 0 saturated carbocycles. The van der Waals surface area contributed by atoms with Crippen LogP contribution < -0.4 is 5.69 Å². The Morgan fingerprint density at radius 1 is 0.941 bits per heavy atom. The fourth-order valence-corrected chi connectivity index (χ4v) is 3.71. The van der Waals surface area contributed by atoms with Crippen LogP contribution in [0.1, 0.15) is 16.8 Å². The number of pyridine rings is 1. The van der Waals surface area contributed by atoms with Gasteiger partial charge in [0.05, 0.1) is 18.9 Å². The van der Waals surface area contributed by atoms with Crippen molar-refractivity contribution in [1.29, 1.82) is 0 Å². The second kappa shape index (κ2) is 7.94. The number of alkyl halides is 3. The molecular weight excluding hydrogens is 447 g/mol. The van der Waals surface area contributed by atoms with Gasteiger partial charge in [0.25, 0.3) is 0 Å². The molecule has 0 fully saturated rings. The molecule has 5 aromatic rings. The standard InChI is InChI=1S/C23H18F3N7O/c1-14-3-6-16(7-4-14)18-11-29-33-21(20(18)17-10-28-31(2)13-17)30-32(22(33)34)12-15-5-8-19(27-9-15)23(24,25)26/h3-11,13H,12H2,1-2H3. The van der Waals surface area contributed by atoms with E-state index < -0.39 is 17.6 Å². The molecule has 0 aliphatic heterocycles. The Hall–Kier alpha value is -4.28. The van der Waals surface area contributed by atoms with E-state index in [1.54, 1.807) is 24.1 Å². The molecule has 0 N–H and O–H groups in total. The SMILES string of the molecule is Cc1ccc(-c2cnn3c(=O)n(Cc4ccc(C(F)(F)F)nc4)nc3c2-c2cnn(C)c2)cc1. The van der Waals surface area contributed by atoms with Gasteiger partial charge in [-0.05, 0) is 24.1 Å². The summed E-state index contributed by atoms with van der Waals surface area (Å²) in [6.07, 6.45) is 1.65. The summed E-state index contributed by atoms with van der Waals surface area (Å²) >= 11 is 0. The predicted molar refractivity (Wildman–Crippen MR) is 118 cm³/mol. The highest BCUT2D eigenvalue weighted by Gasteiger charge is 2.32. The van der Waals surface area contributed by atoms with Crippen LogP contribution in [0.25, 0.3) is 27.9 Å². The summed E-state index contributed by atoms with van der Waals surface area (Å²) in [6, 6.07) is 10.0. The van der Waals surface area contributed by atoms with E-state index in [-0.39, 0.29) is 6.54 Å². The molecule has 5 rings (SSSR count). The van der Waals surface area contributed by atoms with Crippen LogP contribution in [0, 0.1) is 6.92 Å². The third-order valence-electron chi connectivity index (χ3n) is 5.42. The van der Waals surface area contributed by atoms with Gasteiger partial charge in [-0.2, -0.15) is 27.9 Å². The smallest absolute Gasteiger partial charge is 0.275 e. The van der Waals surface area contributed by atoms with E-state index >= 15 is 0 Å². The van der Waals surface area contributed by atoms with Crippen molar-refractivity contribution >= 4 is 5.65 Å². The monoisotopic (exact) mass is 465 g/mol. The third kappa shape index (κ3) is 3.85. The molecular formula is C23H18F3N7O. The minimum atomic E-state index is -4.53. The van der Waals surface area contributed by atoms with Crippen LogP contribution in [0.5, 0.6) is 0 Å². The highest BCUT2D eigenvalue weighted by Crippen LogP contribution is 2.34. The molecule has 8 nitrogen and oxygen atoms in total. The van der Waals surface area contributed by atoms with E-state index in [9.17, 15) is 18.0 Å². The lowest BCUT2D eigenvalue weighted by Gasteiger charge is -2.09. The number of hydrogen-bond donors (Lipinski definition) is 0. The van der Waals surface area contributed by atoms with Crippen molar-refractivity contribution in [2.75, 3.05) is 0 Å². The van der Waals surface area contributed by atoms with Crippen LogP contribution >= 0.6 is 0 Å². The first-order valence-electron chi connectivity index (χ1n) is 10.3. The number of nitrogens with zero attached hydrogens (tertiary/aromatic N) is 7. The molecule has 11 heteroatoms. The van der Waals surface area contributed by atoms with Crippen molar-refractivity contribution in [2.24, 2.45) is 7.05 Å². The molecule has 0 spiro atoms. The molecule has 0 atom stereocenters. The maximum atomic E-state index is 13.0. The molecule has 172 valence electrons. The van der Waals surface area contributed by atoms with Crippen LogP contribution in [-0.4, -0.2) is 34.2 Å². The van der Waals surface area contributed by atoms with E-state index in [2.05, 4.69) is 20.3 Å². The van der Waals surface area contributed by atoms with Crippen molar-refractivity contribution in [2.45, 2.75) is 19.6 Å². The van der Waals surface area contributed by atoms with Crippen molar-refractivity contribution in [3.8, 4) is 22.3 Å². The molecule has 0 aliphatic rings. The number of aromatic nitrogens is 7. The molecule has 0 bridgehead atoms. The van der Waals surface area contributed by atoms with Crippen molar-refractivity contribution < 1.29 is 13.2 Å². The highest BCUT2D eigenvalue weighted by molar-refractivity contribution is 5.90. The Kier molecular flexibility index (Phi) is 5.03. The number of hydrogen-bond acceptors (Lipinski definition) is 5. The number of benzene rings is 1. The first-order valence-corrected chi connectivity index (χ1v) is 10.3. The average Bonchev–Trinajstić information content (AvgIpc) is 3.37. The molecule has 1 aromatic carbocycles. The van der Waals surface area contributed by atoms with Gasteiger partial charge in [0.2, 0.25) is 0 Å². The van der Waals surface area contributed by atoms with Crippen LogP contribution in [0.2, 0.25) is 0 Å². The van der Waals surface area contributed by atoms with Gasteiger partial charge in [-0.1, -0.05) is 35.9 Å². The van der Waals surface area contributed by atoms with Gasteiger partial charge >= 0.3 is 11.9 Å². The second-order valence-corrected chi connectivity index (χ2v) is 7.93. The first-order chi connectivity index (χ1) is 16.2. The Morgan fingerprint density at radius 2 is 1.71 bits per heavy atom. The Morgan fingerprint density at radius 3 is 2.32 bits per heavy atom. The van der Waals surface area contributed by atoms with E-state index in [4.69, 9.17) is 0 Å². The van der Waals surface area contributed by atoms with Crippen LogP contribution in [0.3, 0.4) is 0 Å². The summed E-state index contributed by atoms with van der Waals surface area (Å²) in [4.78, 5) is 16.5. The lowest BCUT2D eigenvalue weighted by Crippen LogP contribution is -2.23. The topological polar surface area (TPSA) is 82.9 Å². The number of halogens is 3. The quantitative estimate of drug-likeness (QED) is 0.404. The van der Waals surface area contributed by atoms with Crippen LogP contribution in [0.4, 0.5) is 13.2 Å². The Balaban J connectivity index is 1.65. The summed E-state index contributed by atoms with van der Waals surface area (Å²) in [5.74, 6) is 0. The van der Waals surface area contributed by atoms with Crippen molar-refractivity contribution in [1.82, 2.24) is 34.2 Å². The minimum Gasteiger partial charge on any atom is -0.275 e. The Bertz CT molecular complexity index is 1550. The van der Waals surface area contributed by atoms with Gasteiger partial charge in [-0.3, -0.25) is 9.67 Å². The number of fused-ring (bicyclic) bond motifs is 1. The number of rotatable bonds is 4. The van der Waals surface area contributed by atoms with E-state index in [1.165, 1.54) is 10.6 Å². The van der Waals surface area contributed by atoms with Gasteiger partial charge < -0.3 is 0 Å². The summed E-state index contributed by atoms with van der Waals surface area (Å²) in [5, 5.41) is 13.0. The van der Waals surface area contributed by atoms with E-state index in [0.717, 1.165) is 39.2 Å². The van der Waals surface area contributed by atoms with Crippen molar-refractivity contribution in [3.63, 3.8) is 0 Å². The van der Waals surface area contributed by atoms with Crippen molar-refractivity contribution in [3.05, 3.63) is 88.5 Å². The zero-order chi connectivity index (χ0) is 24.0.